The second kappa shape index (κ2) is 8.17. The first-order chi connectivity index (χ1) is 15.8. The molecule has 2 aliphatic carbocycles. The lowest BCUT2D eigenvalue weighted by Crippen LogP contribution is -2.54. The van der Waals surface area contributed by atoms with Gasteiger partial charge < -0.3 is 19.1 Å². The van der Waals surface area contributed by atoms with E-state index in [9.17, 15) is 14.7 Å². The van der Waals surface area contributed by atoms with Gasteiger partial charge in [0.05, 0.1) is 18.6 Å². The van der Waals surface area contributed by atoms with Crippen LogP contribution in [0.2, 0.25) is 0 Å². The number of anilines is 1. The van der Waals surface area contributed by atoms with Crippen LogP contribution in [0.3, 0.4) is 0 Å². The second-order valence-corrected chi connectivity index (χ2v) is 9.94. The third kappa shape index (κ3) is 4.24. The summed E-state index contributed by atoms with van der Waals surface area (Å²) in [6.45, 7) is 4.24. The van der Waals surface area contributed by atoms with Crippen LogP contribution in [0.5, 0.6) is 0 Å². The zero-order valence-electron chi connectivity index (χ0n) is 19.1. The monoisotopic (exact) mass is 454 g/mol. The summed E-state index contributed by atoms with van der Waals surface area (Å²) in [5.74, 6) is 0.159. The first-order valence-corrected chi connectivity index (χ1v) is 11.7. The third-order valence-corrected chi connectivity index (χ3v) is 7.67. The number of nitrogens with one attached hydrogen (secondary N) is 1. The van der Waals surface area contributed by atoms with Crippen LogP contribution in [0.1, 0.15) is 63.1 Å². The van der Waals surface area contributed by atoms with Crippen LogP contribution in [-0.4, -0.2) is 40.6 Å². The molecule has 1 amide bonds. The Morgan fingerprint density at radius 1 is 1.21 bits per heavy atom. The number of aliphatic carboxylic acids is 1. The van der Waals surface area contributed by atoms with Gasteiger partial charge in [0.25, 0.3) is 0 Å². The second-order valence-electron chi connectivity index (χ2n) is 9.94. The number of fused-ring (bicyclic) bond motifs is 3. The van der Waals surface area contributed by atoms with Crippen LogP contribution in [0.4, 0.5) is 10.5 Å². The maximum Gasteiger partial charge on any atom is 0.412 e. The van der Waals surface area contributed by atoms with Crippen LogP contribution in [-0.2, 0) is 19.7 Å². The van der Waals surface area contributed by atoms with Crippen molar-refractivity contribution in [2.24, 2.45) is 5.92 Å². The van der Waals surface area contributed by atoms with E-state index in [1.165, 1.54) is 5.56 Å². The minimum Gasteiger partial charge on any atom is -0.481 e. The lowest BCUT2D eigenvalue weighted by atomic mass is 9.62. The Balaban J connectivity index is 1.30. The molecule has 3 heterocycles. The van der Waals surface area contributed by atoms with Gasteiger partial charge in [-0.3, -0.25) is 10.1 Å². The van der Waals surface area contributed by atoms with E-state index in [-0.39, 0.29) is 17.9 Å². The van der Waals surface area contributed by atoms with Crippen molar-refractivity contribution in [3.05, 3.63) is 35.5 Å². The molecule has 33 heavy (non-hydrogen) atoms. The van der Waals surface area contributed by atoms with E-state index in [1.807, 2.05) is 19.1 Å². The Bertz CT molecular complexity index is 1030. The van der Waals surface area contributed by atoms with Gasteiger partial charge in [0.2, 0.25) is 0 Å². The fourth-order valence-electron chi connectivity index (χ4n) is 5.29. The molecule has 2 saturated carbocycles. The molecule has 2 saturated heterocycles. The van der Waals surface area contributed by atoms with Gasteiger partial charge in [-0.15, -0.1) is 0 Å². The number of hydrogen-bond donors (Lipinski definition) is 2. The molecule has 6 rings (SSSR count). The molecular weight excluding hydrogens is 424 g/mol. The van der Waals surface area contributed by atoms with Gasteiger partial charge >= 0.3 is 12.1 Å². The Morgan fingerprint density at radius 3 is 2.48 bits per heavy atom. The summed E-state index contributed by atoms with van der Waals surface area (Å²) >= 11 is 0. The van der Waals surface area contributed by atoms with Gasteiger partial charge in [0.1, 0.15) is 17.5 Å². The van der Waals surface area contributed by atoms with E-state index in [0.717, 1.165) is 44.1 Å². The van der Waals surface area contributed by atoms with Crippen molar-refractivity contribution in [3.8, 4) is 11.3 Å². The van der Waals surface area contributed by atoms with Crippen LogP contribution in [0.25, 0.3) is 11.3 Å². The summed E-state index contributed by atoms with van der Waals surface area (Å²) in [5, 5.41) is 16.1. The first-order valence-electron chi connectivity index (χ1n) is 11.7. The first kappa shape index (κ1) is 21.9. The molecule has 2 aliphatic heterocycles. The number of aromatic nitrogens is 1. The average molecular weight is 455 g/mol. The number of ether oxygens (including phenoxy) is 2. The van der Waals surface area contributed by atoms with Crippen molar-refractivity contribution in [2.45, 2.75) is 75.9 Å². The fraction of sp³-hybridized carbons (Fsp3) is 0.560. The zero-order valence-corrected chi connectivity index (χ0v) is 19.1. The van der Waals surface area contributed by atoms with Gasteiger partial charge in [-0.05, 0) is 63.9 Å². The number of nitrogens with zero attached hydrogens (tertiary/aromatic N) is 1. The minimum absolute atomic E-state index is 0.0739. The van der Waals surface area contributed by atoms with Gasteiger partial charge in [-0.25, -0.2) is 4.79 Å². The molecule has 2 bridgehead atoms. The Morgan fingerprint density at radius 2 is 1.91 bits per heavy atom. The SMILES string of the molecule is Cc1noc(-c2ccc(C34CCC(CC(=O)O)(CC3)OC4)cc2)c1NC(=O)OC(C)C1CC1. The van der Waals surface area contributed by atoms with E-state index in [1.54, 1.807) is 6.92 Å². The van der Waals surface area contributed by atoms with Gasteiger partial charge in [0.15, 0.2) is 5.76 Å². The van der Waals surface area contributed by atoms with Crippen LogP contribution in [0.15, 0.2) is 28.8 Å². The summed E-state index contributed by atoms with van der Waals surface area (Å²) in [6, 6.07) is 8.09. The molecule has 8 heteroatoms. The van der Waals surface area contributed by atoms with Crippen molar-refractivity contribution in [1.82, 2.24) is 5.16 Å². The number of rotatable bonds is 7. The quantitative estimate of drug-likeness (QED) is 0.602. The van der Waals surface area contributed by atoms with E-state index in [4.69, 9.17) is 14.0 Å². The van der Waals surface area contributed by atoms with Crippen molar-refractivity contribution in [2.75, 3.05) is 11.9 Å². The highest BCUT2D eigenvalue weighted by atomic mass is 16.6. The normalized spacial score (nSPS) is 27.2. The Kier molecular flexibility index (Phi) is 5.43. The molecule has 2 aromatic rings. The maximum absolute atomic E-state index is 12.4. The van der Waals surface area contributed by atoms with Crippen LogP contribution >= 0.6 is 0 Å². The zero-order chi connectivity index (χ0) is 23.2. The van der Waals surface area contributed by atoms with E-state index < -0.39 is 17.7 Å². The highest BCUT2D eigenvalue weighted by molar-refractivity contribution is 5.90. The number of carboxylic acids is 1. The number of carbonyl (C=O) groups excluding carboxylic acids is 1. The topological polar surface area (TPSA) is 111 Å². The molecule has 4 fully saturated rings. The van der Waals surface area contributed by atoms with E-state index >= 15 is 0 Å². The molecule has 4 aliphatic rings. The fourth-order valence-corrected chi connectivity index (χ4v) is 5.29. The number of carboxylic acid groups (broad SMARTS) is 1. The molecule has 1 atom stereocenters. The molecule has 8 nitrogen and oxygen atoms in total. The predicted molar refractivity (Wildman–Crippen MR) is 120 cm³/mol. The smallest absolute Gasteiger partial charge is 0.412 e. The Hall–Kier alpha value is -2.87. The molecule has 0 spiro atoms. The van der Waals surface area contributed by atoms with E-state index in [2.05, 4.69) is 22.6 Å². The molecule has 2 N–H and O–H groups in total. The molecule has 1 unspecified atom stereocenters. The molecule has 1 aromatic heterocycles. The highest BCUT2D eigenvalue weighted by Crippen LogP contribution is 2.51. The summed E-state index contributed by atoms with van der Waals surface area (Å²) in [5.41, 5.74) is 2.52. The lowest BCUT2D eigenvalue weighted by Gasteiger charge is -2.53. The van der Waals surface area contributed by atoms with Crippen molar-refractivity contribution >= 4 is 17.7 Å². The van der Waals surface area contributed by atoms with Crippen molar-refractivity contribution in [1.29, 1.82) is 0 Å². The largest absolute Gasteiger partial charge is 0.481 e. The van der Waals surface area contributed by atoms with Crippen molar-refractivity contribution in [3.63, 3.8) is 0 Å². The summed E-state index contributed by atoms with van der Waals surface area (Å²) in [6.07, 6.45) is 5.03. The van der Waals surface area contributed by atoms with Gasteiger partial charge in [0, 0.05) is 11.0 Å². The van der Waals surface area contributed by atoms with Gasteiger partial charge in [-0.1, -0.05) is 29.4 Å². The molecule has 1 aromatic carbocycles. The van der Waals surface area contributed by atoms with Crippen molar-refractivity contribution < 1.29 is 28.7 Å². The van der Waals surface area contributed by atoms with Crippen LogP contribution < -0.4 is 5.32 Å². The predicted octanol–water partition coefficient (Wildman–Crippen LogP) is 5.05. The number of aryl methyl sites for hydroxylation is 1. The number of hydrogen-bond acceptors (Lipinski definition) is 6. The summed E-state index contributed by atoms with van der Waals surface area (Å²) < 4.78 is 17.1. The van der Waals surface area contributed by atoms with Gasteiger partial charge in [-0.2, -0.15) is 0 Å². The number of amides is 1. The molecule has 176 valence electrons. The summed E-state index contributed by atoms with van der Waals surface area (Å²) in [7, 11) is 0. The number of carbonyl (C=O) groups is 2. The highest BCUT2D eigenvalue weighted by Gasteiger charge is 2.51. The number of benzene rings is 1. The molecule has 0 radical (unpaired) electrons. The molecular formula is C25H30N2O6. The Labute approximate surface area is 192 Å². The lowest BCUT2D eigenvalue weighted by molar-refractivity contribution is -0.174. The average Bonchev–Trinajstić information content (AvgIpc) is 3.59. The van der Waals surface area contributed by atoms with E-state index in [0.29, 0.717) is 29.7 Å². The maximum atomic E-state index is 12.4. The third-order valence-electron chi connectivity index (χ3n) is 7.67. The minimum atomic E-state index is -0.800. The van der Waals surface area contributed by atoms with Crippen LogP contribution in [0, 0.1) is 12.8 Å². The standard InChI is InChI=1S/C25H30N2O6/c1-15-21(26-23(30)32-16(2)17-3-4-17)22(33-27-15)18-5-7-19(8-6-18)24-9-11-25(12-10-24,31-14-24)13-20(28)29/h5-8,16-17H,3-4,9-14H2,1-2H3,(H,26,30)(H,28,29). The summed E-state index contributed by atoms with van der Waals surface area (Å²) in [4.78, 5) is 23.6.